The van der Waals surface area contributed by atoms with Crippen LogP contribution in [0.4, 0.5) is 0 Å². The lowest BCUT2D eigenvalue weighted by Gasteiger charge is -2.13. The minimum Gasteiger partial charge on any atom is -0.256 e. The third-order valence-corrected chi connectivity index (χ3v) is 5.69. The van der Waals surface area contributed by atoms with Crippen molar-refractivity contribution >= 4 is 0 Å². The monoisotopic (exact) mass is 412 g/mol. The van der Waals surface area contributed by atoms with Crippen molar-refractivity contribution in [1.29, 1.82) is 0 Å². The van der Waals surface area contributed by atoms with Gasteiger partial charge in [0.2, 0.25) is 0 Å². The zero-order valence-corrected chi connectivity index (χ0v) is 18.3. The minimum absolute atomic E-state index is 0.988. The molecule has 5 aromatic rings. The minimum atomic E-state index is 0.988. The first-order valence-corrected chi connectivity index (χ1v) is 10.8. The fraction of sp³-hybridized carbons (Fsp3) is 0.0667. The maximum absolute atomic E-state index is 4.61. The van der Waals surface area contributed by atoms with Gasteiger partial charge >= 0.3 is 0 Å². The average molecular weight is 413 g/mol. The second-order valence-corrected chi connectivity index (χ2v) is 8.15. The molecule has 0 bridgehead atoms. The maximum atomic E-state index is 4.61. The van der Waals surface area contributed by atoms with E-state index in [0.29, 0.717) is 0 Å². The molecule has 2 nitrogen and oxygen atoms in total. The van der Waals surface area contributed by atoms with Gasteiger partial charge in [-0.25, -0.2) is 0 Å². The van der Waals surface area contributed by atoms with E-state index in [0.717, 1.165) is 33.6 Å². The summed E-state index contributed by atoms with van der Waals surface area (Å²) in [6, 6.07) is 34.2. The van der Waals surface area contributed by atoms with Crippen LogP contribution in [0.15, 0.2) is 109 Å². The van der Waals surface area contributed by atoms with Crippen molar-refractivity contribution in [3.8, 4) is 44.8 Å². The quantitative estimate of drug-likeness (QED) is 0.301. The summed E-state index contributed by atoms with van der Waals surface area (Å²) in [6.45, 7) is 4.12. The number of rotatable bonds is 4. The van der Waals surface area contributed by atoms with Gasteiger partial charge < -0.3 is 0 Å². The molecule has 0 spiro atoms. The lowest BCUT2D eigenvalue weighted by atomic mass is 9.92. The molecule has 32 heavy (non-hydrogen) atoms. The van der Waals surface area contributed by atoms with Gasteiger partial charge in [-0.2, -0.15) is 0 Å². The Kier molecular flexibility index (Phi) is 5.35. The van der Waals surface area contributed by atoms with E-state index in [2.05, 4.69) is 121 Å². The van der Waals surface area contributed by atoms with Gasteiger partial charge in [-0.05, 0) is 71.5 Å². The first-order valence-electron chi connectivity index (χ1n) is 10.8. The van der Waals surface area contributed by atoms with Crippen LogP contribution in [0.25, 0.3) is 44.8 Å². The van der Waals surface area contributed by atoms with E-state index >= 15 is 0 Å². The van der Waals surface area contributed by atoms with Gasteiger partial charge in [0.15, 0.2) is 0 Å². The van der Waals surface area contributed by atoms with Crippen molar-refractivity contribution in [3.05, 3.63) is 121 Å². The van der Waals surface area contributed by atoms with Crippen molar-refractivity contribution in [1.82, 2.24) is 9.97 Å². The van der Waals surface area contributed by atoms with Crippen LogP contribution in [0.5, 0.6) is 0 Å². The summed E-state index contributed by atoms with van der Waals surface area (Å²) in [7, 11) is 0. The Hall–Kier alpha value is -4.04. The second-order valence-electron chi connectivity index (χ2n) is 8.15. The summed E-state index contributed by atoms with van der Waals surface area (Å²) in [6.07, 6.45) is 3.83. The number of pyridine rings is 2. The molecule has 0 N–H and O–H groups in total. The molecule has 0 amide bonds. The molecule has 3 aromatic carbocycles. The molecular formula is C30H24N2. The van der Waals surface area contributed by atoms with Gasteiger partial charge in [-0.15, -0.1) is 0 Å². The van der Waals surface area contributed by atoms with Crippen molar-refractivity contribution in [3.63, 3.8) is 0 Å². The number of aromatic nitrogens is 2. The van der Waals surface area contributed by atoms with E-state index in [4.69, 9.17) is 0 Å². The molecule has 0 unspecified atom stereocenters. The van der Waals surface area contributed by atoms with Gasteiger partial charge in [0.25, 0.3) is 0 Å². The Balaban J connectivity index is 1.57. The fourth-order valence-electron chi connectivity index (χ4n) is 3.96. The summed E-state index contributed by atoms with van der Waals surface area (Å²) < 4.78 is 0. The molecule has 0 aliphatic carbocycles. The van der Waals surface area contributed by atoms with Crippen molar-refractivity contribution in [2.24, 2.45) is 0 Å². The molecule has 0 radical (unpaired) electrons. The maximum Gasteiger partial charge on any atom is 0.0702 e. The number of aryl methyl sites for hydroxylation is 2. The summed E-state index contributed by atoms with van der Waals surface area (Å²) in [5.41, 5.74) is 11.3. The van der Waals surface area contributed by atoms with Crippen molar-refractivity contribution < 1.29 is 0 Å². The molecule has 0 aliphatic heterocycles. The van der Waals surface area contributed by atoms with Crippen LogP contribution in [0, 0.1) is 13.8 Å². The summed E-state index contributed by atoms with van der Waals surface area (Å²) in [4.78, 5) is 9.22. The summed E-state index contributed by atoms with van der Waals surface area (Å²) >= 11 is 0. The SMILES string of the molecule is Cc1ccc(-c2cccc(-c3ccccc3-c3cccc(-c4ccc(C)cn4)c3)c2)nc1. The van der Waals surface area contributed by atoms with E-state index in [9.17, 15) is 0 Å². The third-order valence-electron chi connectivity index (χ3n) is 5.69. The van der Waals surface area contributed by atoms with Crippen LogP contribution in [0.3, 0.4) is 0 Å². The number of hydrogen-bond acceptors (Lipinski definition) is 2. The van der Waals surface area contributed by atoms with E-state index in [1.54, 1.807) is 0 Å². The second kappa shape index (κ2) is 8.60. The van der Waals surface area contributed by atoms with Crippen LogP contribution in [-0.2, 0) is 0 Å². The van der Waals surface area contributed by atoms with E-state index in [1.165, 1.54) is 22.3 Å². The molecule has 154 valence electrons. The molecule has 2 heteroatoms. The highest BCUT2D eigenvalue weighted by atomic mass is 14.7. The van der Waals surface area contributed by atoms with E-state index in [1.807, 2.05) is 12.4 Å². The standard InChI is InChI=1S/C30H24N2/c1-21-13-15-29(31-19-21)25-9-5-7-23(17-25)27-11-3-4-12-28(27)24-8-6-10-26(18-24)30-16-14-22(2)20-32-30/h3-20H,1-2H3. The van der Waals surface area contributed by atoms with Crippen LogP contribution >= 0.6 is 0 Å². The van der Waals surface area contributed by atoms with Gasteiger partial charge in [0, 0.05) is 23.5 Å². The molecule has 0 saturated carbocycles. The Morgan fingerprint density at radius 1 is 0.438 bits per heavy atom. The topological polar surface area (TPSA) is 25.8 Å². The Bertz CT molecular complexity index is 1260. The molecule has 0 fully saturated rings. The molecule has 0 atom stereocenters. The zero-order chi connectivity index (χ0) is 21.9. The molecule has 2 aromatic heterocycles. The Morgan fingerprint density at radius 2 is 0.875 bits per heavy atom. The Morgan fingerprint density at radius 3 is 1.28 bits per heavy atom. The zero-order valence-electron chi connectivity index (χ0n) is 18.3. The van der Waals surface area contributed by atoms with Crippen molar-refractivity contribution in [2.75, 3.05) is 0 Å². The molecule has 0 saturated heterocycles. The van der Waals surface area contributed by atoms with Gasteiger partial charge in [0.05, 0.1) is 11.4 Å². The Labute approximate surface area is 189 Å². The molecule has 0 aliphatic rings. The van der Waals surface area contributed by atoms with E-state index < -0.39 is 0 Å². The lowest BCUT2D eigenvalue weighted by molar-refractivity contribution is 1.27. The lowest BCUT2D eigenvalue weighted by Crippen LogP contribution is -1.89. The summed E-state index contributed by atoms with van der Waals surface area (Å²) in [5.74, 6) is 0. The number of nitrogens with zero attached hydrogens (tertiary/aromatic N) is 2. The smallest absolute Gasteiger partial charge is 0.0702 e. The van der Waals surface area contributed by atoms with Gasteiger partial charge in [-0.1, -0.05) is 72.8 Å². The largest absolute Gasteiger partial charge is 0.256 e. The first kappa shape index (κ1) is 19.9. The van der Waals surface area contributed by atoms with Gasteiger partial charge in [-0.3, -0.25) is 9.97 Å². The molecule has 2 heterocycles. The number of hydrogen-bond donors (Lipinski definition) is 0. The third kappa shape index (κ3) is 4.08. The average Bonchev–Trinajstić information content (AvgIpc) is 2.85. The van der Waals surface area contributed by atoms with Crippen LogP contribution < -0.4 is 0 Å². The van der Waals surface area contributed by atoms with Crippen molar-refractivity contribution in [2.45, 2.75) is 13.8 Å². The highest BCUT2D eigenvalue weighted by Crippen LogP contribution is 2.35. The van der Waals surface area contributed by atoms with Crippen LogP contribution in [0.2, 0.25) is 0 Å². The molecular weight excluding hydrogens is 388 g/mol. The normalized spacial score (nSPS) is 10.8. The first-order chi connectivity index (χ1) is 15.7. The van der Waals surface area contributed by atoms with Crippen LogP contribution in [-0.4, -0.2) is 9.97 Å². The molecule has 5 rings (SSSR count). The summed E-state index contributed by atoms with van der Waals surface area (Å²) in [5, 5.41) is 0. The number of benzene rings is 3. The van der Waals surface area contributed by atoms with Gasteiger partial charge in [0.1, 0.15) is 0 Å². The highest BCUT2D eigenvalue weighted by molar-refractivity contribution is 5.86. The predicted octanol–water partition coefficient (Wildman–Crippen LogP) is 7.76. The van der Waals surface area contributed by atoms with E-state index in [-0.39, 0.29) is 0 Å². The predicted molar refractivity (Wildman–Crippen MR) is 133 cm³/mol. The fourth-order valence-corrected chi connectivity index (χ4v) is 3.96. The highest BCUT2D eigenvalue weighted by Gasteiger charge is 2.10. The van der Waals surface area contributed by atoms with Crippen LogP contribution in [0.1, 0.15) is 11.1 Å².